The second-order valence-corrected chi connectivity index (χ2v) is 14.1. The highest BCUT2D eigenvalue weighted by molar-refractivity contribution is 7.91. The number of benzene rings is 1. The Hall–Kier alpha value is -3.12. The maximum absolute atomic E-state index is 13.4. The van der Waals surface area contributed by atoms with E-state index in [0.717, 1.165) is 60.4 Å². The number of halogens is 1. The van der Waals surface area contributed by atoms with Crippen LogP contribution in [0.25, 0.3) is 16.2 Å². The number of nitriles is 1. The van der Waals surface area contributed by atoms with Crippen LogP contribution in [0.2, 0.25) is 0 Å². The van der Waals surface area contributed by atoms with Crippen LogP contribution in [0, 0.1) is 22.6 Å². The van der Waals surface area contributed by atoms with E-state index in [1.54, 1.807) is 12.1 Å². The molecule has 0 radical (unpaired) electrons. The average molecular weight is 587 g/mol. The van der Waals surface area contributed by atoms with E-state index in [1.807, 2.05) is 4.52 Å². The molecule has 2 fully saturated rings. The topological polar surface area (TPSA) is 128 Å². The Morgan fingerprint density at radius 1 is 1.23 bits per heavy atom. The number of aryl methyl sites for hydroxylation is 1. The van der Waals surface area contributed by atoms with Crippen molar-refractivity contribution in [2.75, 3.05) is 36.1 Å². The molecule has 1 unspecified atom stereocenters. The summed E-state index contributed by atoms with van der Waals surface area (Å²) < 4.78 is 39.6. The maximum Gasteiger partial charge on any atom is 0.214 e. The smallest absolute Gasteiger partial charge is 0.214 e. The van der Waals surface area contributed by atoms with Gasteiger partial charge in [0.1, 0.15) is 27.8 Å². The largest absolute Gasteiger partial charge is 0.356 e. The summed E-state index contributed by atoms with van der Waals surface area (Å²) in [4.78, 5) is 12.9. The van der Waals surface area contributed by atoms with Crippen molar-refractivity contribution in [1.29, 1.82) is 5.26 Å². The molecule has 2 saturated heterocycles. The average Bonchev–Trinajstić information content (AvgIpc) is 3.59. The lowest BCUT2D eigenvalue weighted by molar-refractivity contribution is 0.0984. The first-order chi connectivity index (χ1) is 18.7. The van der Waals surface area contributed by atoms with Gasteiger partial charge in [-0.25, -0.2) is 27.3 Å². The van der Waals surface area contributed by atoms with Crippen LogP contribution in [0.1, 0.15) is 36.0 Å². The molecule has 2 aliphatic heterocycles. The molecule has 39 heavy (non-hydrogen) atoms. The first-order valence-electron chi connectivity index (χ1n) is 12.7. The number of imidazole rings is 1. The highest BCUT2D eigenvalue weighted by Crippen LogP contribution is 2.43. The Balaban J connectivity index is 1.20. The molecule has 6 rings (SSSR count). The fourth-order valence-corrected chi connectivity index (χ4v) is 8.89. The van der Waals surface area contributed by atoms with E-state index in [-0.39, 0.29) is 11.2 Å². The molecule has 5 heterocycles. The molecular formula is C25H27FN8O2S3. The fraction of sp³-hybridized carbons (Fsp3) is 0.440. The zero-order valence-corrected chi connectivity index (χ0v) is 23.9. The molecule has 0 saturated carbocycles. The highest BCUT2D eigenvalue weighted by Gasteiger charge is 2.53. The van der Waals surface area contributed by atoms with Crippen molar-refractivity contribution in [3.05, 3.63) is 46.3 Å². The van der Waals surface area contributed by atoms with E-state index in [4.69, 9.17) is 10.1 Å². The number of fused-ring (bicyclic) bond motifs is 1. The van der Waals surface area contributed by atoms with E-state index < -0.39 is 15.2 Å². The summed E-state index contributed by atoms with van der Waals surface area (Å²) in [5, 5.41) is 22.0. The van der Waals surface area contributed by atoms with E-state index in [2.05, 4.69) is 33.5 Å². The molecule has 2 N–H and O–H groups in total. The second kappa shape index (κ2) is 9.81. The van der Waals surface area contributed by atoms with Gasteiger partial charge < -0.3 is 10.2 Å². The number of rotatable bonds is 7. The fourth-order valence-electron chi connectivity index (χ4n) is 5.51. The lowest BCUT2D eigenvalue weighted by atomic mass is 9.73. The Morgan fingerprint density at radius 2 is 1.97 bits per heavy atom. The summed E-state index contributed by atoms with van der Waals surface area (Å²) in [5.41, 5.74) is 2.90. The molecule has 3 aromatic heterocycles. The summed E-state index contributed by atoms with van der Waals surface area (Å²) in [7, 11) is -3.13. The molecule has 1 spiro atoms. The van der Waals surface area contributed by atoms with Gasteiger partial charge in [-0.05, 0) is 43.5 Å². The van der Waals surface area contributed by atoms with E-state index >= 15 is 0 Å². The minimum absolute atomic E-state index is 0.186. The maximum atomic E-state index is 13.4. The molecule has 0 aliphatic carbocycles. The summed E-state index contributed by atoms with van der Waals surface area (Å²) in [5.74, 6) is -0.340. The van der Waals surface area contributed by atoms with Crippen LogP contribution in [0.4, 0.5) is 14.7 Å². The van der Waals surface area contributed by atoms with Gasteiger partial charge in [-0.15, -0.1) is 5.10 Å². The van der Waals surface area contributed by atoms with E-state index in [0.29, 0.717) is 27.8 Å². The molecule has 1 atom stereocenters. The van der Waals surface area contributed by atoms with Gasteiger partial charge in [0, 0.05) is 36.9 Å². The van der Waals surface area contributed by atoms with Crippen LogP contribution in [0.15, 0.2) is 24.3 Å². The lowest BCUT2D eigenvalue weighted by Crippen LogP contribution is -2.68. The third kappa shape index (κ3) is 4.67. The van der Waals surface area contributed by atoms with E-state index in [9.17, 15) is 18.1 Å². The van der Waals surface area contributed by atoms with Crippen LogP contribution in [0.5, 0.6) is 0 Å². The lowest BCUT2D eigenvalue weighted by Gasteiger charge is -2.53. The number of hydrogen-bond acceptors (Lipinski definition) is 11. The number of nitrogens with one attached hydrogen (secondary N) is 2. The van der Waals surface area contributed by atoms with Crippen molar-refractivity contribution in [2.45, 2.75) is 38.1 Å². The van der Waals surface area contributed by atoms with Gasteiger partial charge in [-0.2, -0.15) is 5.26 Å². The Bertz CT molecular complexity index is 1680. The van der Waals surface area contributed by atoms with Crippen molar-refractivity contribution >= 4 is 47.7 Å². The third-order valence-electron chi connectivity index (χ3n) is 7.61. The first kappa shape index (κ1) is 26.1. The monoisotopic (exact) mass is 586 g/mol. The molecule has 204 valence electrons. The predicted molar refractivity (Wildman–Crippen MR) is 150 cm³/mol. The number of sulfone groups is 1. The number of thiazole rings is 1. The molecular weight excluding hydrogens is 560 g/mol. The number of nitrogens with zero attached hydrogens (tertiary/aromatic N) is 6. The first-order valence-corrected chi connectivity index (χ1v) is 16.2. The van der Waals surface area contributed by atoms with Crippen molar-refractivity contribution in [1.82, 2.24) is 24.9 Å². The zero-order chi connectivity index (χ0) is 27.4. The summed E-state index contributed by atoms with van der Waals surface area (Å²) in [6.07, 6.45) is 3.66. The van der Waals surface area contributed by atoms with Crippen LogP contribution < -0.4 is 15.5 Å². The molecule has 10 nitrogen and oxygen atoms in total. The highest BCUT2D eigenvalue weighted by atomic mass is 32.2. The summed E-state index contributed by atoms with van der Waals surface area (Å²) >= 11 is 2.79. The molecule has 4 aromatic rings. The van der Waals surface area contributed by atoms with Crippen molar-refractivity contribution in [3.8, 4) is 17.3 Å². The molecule has 0 amide bonds. The number of anilines is 2. The standard InChI is InChI=1S/C25H27FN8O2S3/c1-3-17-18(13-28-22-31-20(19(12-27)37-22)15-4-6-16(26)7-5-15)34-23(30-17)38-24(32-34)33-10-8-25(9-11-33)14-29-21(25)39(2,35)36/h4-7,21,29H,3,8-11,13-14H2,1-2H3,(H,28,31). The second-order valence-electron chi connectivity index (χ2n) is 10.0. The van der Waals surface area contributed by atoms with Crippen molar-refractivity contribution in [2.24, 2.45) is 5.41 Å². The van der Waals surface area contributed by atoms with Crippen molar-refractivity contribution < 1.29 is 12.8 Å². The normalized spacial score (nSPS) is 18.8. The summed E-state index contributed by atoms with van der Waals surface area (Å²) in [6.45, 7) is 4.72. The molecule has 1 aromatic carbocycles. The van der Waals surface area contributed by atoms with Crippen LogP contribution in [0.3, 0.4) is 0 Å². The molecule has 0 bridgehead atoms. The SMILES string of the molecule is CCc1nc2sc(N3CCC4(CC3)CNC4S(C)(=O)=O)nn2c1CNc1nc(-c2ccc(F)cc2)c(C#N)s1. The minimum Gasteiger partial charge on any atom is -0.356 e. The van der Waals surface area contributed by atoms with Gasteiger partial charge in [-0.1, -0.05) is 29.6 Å². The Kier molecular flexibility index (Phi) is 6.57. The van der Waals surface area contributed by atoms with E-state index in [1.165, 1.54) is 41.1 Å². The van der Waals surface area contributed by atoms with Gasteiger partial charge in [-0.3, -0.25) is 5.32 Å². The number of hydrogen-bond donors (Lipinski definition) is 2. The Morgan fingerprint density at radius 3 is 2.59 bits per heavy atom. The van der Waals surface area contributed by atoms with Crippen LogP contribution in [-0.4, -0.2) is 59.3 Å². The predicted octanol–water partition coefficient (Wildman–Crippen LogP) is 3.66. The zero-order valence-electron chi connectivity index (χ0n) is 21.4. The summed E-state index contributed by atoms with van der Waals surface area (Å²) in [6, 6.07) is 8.14. The quantitative estimate of drug-likeness (QED) is 0.333. The number of aromatic nitrogens is 4. The van der Waals surface area contributed by atoms with Crippen LogP contribution in [-0.2, 0) is 22.8 Å². The van der Waals surface area contributed by atoms with Crippen LogP contribution >= 0.6 is 22.7 Å². The van der Waals surface area contributed by atoms with Gasteiger partial charge in [0.05, 0.1) is 17.9 Å². The Labute approximate surface area is 233 Å². The van der Waals surface area contributed by atoms with Gasteiger partial charge >= 0.3 is 0 Å². The molecule has 14 heteroatoms. The van der Waals surface area contributed by atoms with Gasteiger partial charge in [0.25, 0.3) is 0 Å². The number of piperidine rings is 1. The third-order valence-corrected chi connectivity index (χ3v) is 11.0. The van der Waals surface area contributed by atoms with Gasteiger partial charge in [0.2, 0.25) is 10.1 Å². The molecule has 2 aliphatic rings. The van der Waals surface area contributed by atoms with Gasteiger partial charge in [0.15, 0.2) is 15.0 Å². The minimum atomic E-state index is -3.13. The van der Waals surface area contributed by atoms with Crippen molar-refractivity contribution in [3.63, 3.8) is 0 Å².